The van der Waals surface area contributed by atoms with Crippen LogP contribution in [0.25, 0.3) is 0 Å². The average Bonchev–Trinajstić information content (AvgIpc) is 1.80. The smallest absolute Gasteiger partial charge is 0.214 e. The van der Waals surface area contributed by atoms with Crippen LogP contribution in [-0.2, 0) is 4.79 Å². The predicted octanol–water partition coefficient (Wildman–Crippen LogP) is 1.15. The molecule has 0 atom stereocenters. The molecule has 0 rings (SSSR count). The number of carbonyl (C=O) groups excluding carboxylic acids is 1. The Labute approximate surface area is 59.9 Å². The van der Waals surface area contributed by atoms with Gasteiger partial charge in [0.2, 0.25) is 4.91 Å². The minimum absolute atomic E-state index is 0.00324. The first kappa shape index (κ1) is 8.98. The second-order valence-corrected chi connectivity index (χ2v) is 3.07. The van der Waals surface area contributed by atoms with Crippen LogP contribution in [0.15, 0.2) is 5.11 Å². The lowest BCUT2D eigenvalue weighted by Crippen LogP contribution is -2.22. The van der Waals surface area contributed by atoms with E-state index < -0.39 is 0 Å². The van der Waals surface area contributed by atoms with Crippen LogP contribution in [0.5, 0.6) is 0 Å². The maximum Gasteiger partial charge on any atom is 0.214 e. The van der Waals surface area contributed by atoms with E-state index in [2.05, 4.69) is 10.0 Å². The highest BCUT2D eigenvalue weighted by Crippen LogP contribution is 2.13. The SMILES string of the molecule is CC(C)(C)C(=O)CN=[N+]=N. The number of Topliss-reactive ketones (excluding diaryl/α,β-unsaturated/α-hetero) is 1. The third-order valence-corrected chi connectivity index (χ3v) is 1.12. The molecule has 0 aromatic rings. The molecule has 0 bridgehead atoms. The van der Waals surface area contributed by atoms with Crippen LogP contribution in [0.3, 0.4) is 0 Å². The number of hydrogen-bond donors (Lipinski definition) is 1. The molecule has 0 saturated carbocycles. The number of hydrogen-bond acceptors (Lipinski definition) is 3. The highest BCUT2D eigenvalue weighted by Gasteiger charge is 2.21. The van der Waals surface area contributed by atoms with Gasteiger partial charge in [-0.3, -0.25) is 4.79 Å². The number of carbonyl (C=O) groups is 1. The summed E-state index contributed by atoms with van der Waals surface area (Å²) in [6.07, 6.45) is 0. The fraction of sp³-hybridized carbons (Fsp3) is 0.833. The lowest BCUT2D eigenvalue weighted by molar-refractivity contribution is -0.124. The molecule has 0 spiro atoms. The number of nitrogens with one attached hydrogen (secondary N) is 1. The number of rotatable bonds is 2. The Hall–Kier alpha value is -1.02. The summed E-state index contributed by atoms with van der Waals surface area (Å²) < 4.78 is 0. The van der Waals surface area contributed by atoms with Crippen molar-refractivity contribution in [2.24, 2.45) is 10.5 Å². The molecule has 4 nitrogen and oxygen atoms in total. The number of ketones is 1. The molecule has 4 heteroatoms. The fourth-order valence-corrected chi connectivity index (χ4v) is 0.337. The summed E-state index contributed by atoms with van der Waals surface area (Å²) in [5.41, 5.74) is 5.94. The van der Waals surface area contributed by atoms with E-state index in [1.54, 1.807) is 0 Å². The summed E-state index contributed by atoms with van der Waals surface area (Å²) in [5, 5.41) is 3.28. The first-order valence-corrected chi connectivity index (χ1v) is 3.05. The molecule has 1 N–H and O–H groups in total. The van der Waals surface area contributed by atoms with Crippen LogP contribution in [0.4, 0.5) is 0 Å². The van der Waals surface area contributed by atoms with Crippen LogP contribution < -0.4 is 4.91 Å². The van der Waals surface area contributed by atoms with E-state index in [9.17, 15) is 4.79 Å². The molecule has 0 saturated heterocycles. The Balaban J connectivity index is 3.98. The van der Waals surface area contributed by atoms with Crippen molar-refractivity contribution >= 4 is 5.78 Å². The van der Waals surface area contributed by atoms with E-state index in [0.29, 0.717) is 0 Å². The average molecular weight is 142 g/mol. The van der Waals surface area contributed by atoms with Crippen LogP contribution >= 0.6 is 0 Å². The van der Waals surface area contributed by atoms with Crippen LogP contribution in [0, 0.1) is 10.9 Å². The summed E-state index contributed by atoms with van der Waals surface area (Å²) in [4.78, 5) is 13.7. The minimum Gasteiger partial charge on any atom is -0.297 e. The van der Waals surface area contributed by atoms with Crippen molar-refractivity contribution in [1.29, 1.82) is 5.53 Å². The Kier molecular flexibility index (Phi) is 2.90. The van der Waals surface area contributed by atoms with Gasteiger partial charge in [0, 0.05) is 5.41 Å². The molecule has 0 aliphatic rings. The molecule has 0 aliphatic carbocycles. The van der Waals surface area contributed by atoms with E-state index >= 15 is 0 Å². The van der Waals surface area contributed by atoms with Gasteiger partial charge in [-0.1, -0.05) is 20.8 Å². The van der Waals surface area contributed by atoms with Gasteiger partial charge in [0.1, 0.15) is 10.6 Å². The molecule has 0 amide bonds. The summed E-state index contributed by atoms with van der Waals surface area (Å²) in [7, 11) is 0. The third-order valence-electron chi connectivity index (χ3n) is 1.12. The molecule has 0 aromatic carbocycles. The first-order chi connectivity index (χ1) is 4.48. The van der Waals surface area contributed by atoms with Gasteiger partial charge in [-0.2, -0.15) is 0 Å². The Bertz CT molecular complexity index is 174. The molecule has 0 aromatic heterocycles. The summed E-state index contributed by atoms with van der Waals surface area (Å²) in [5.74, 6) is 0.00324. The highest BCUT2D eigenvalue weighted by atomic mass is 16.1. The quantitative estimate of drug-likeness (QED) is 0.456. The van der Waals surface area contributed by atoms with E-state index in [1.807, 2.05) is 20.8 Å². The number of nitrogens with zero attached hydrogens (tertiary/aromatic N) is 2. The Morgan fingerprint density at radius 1 is 1.60 bits per heavy atom. The lowest BCUT2D eigenvalue weighted by Gasteiger charge is -2.12. The summed E-state index contributed by atoms with van der Waals surface area (Å²) >= 11 is 0. The summed E-state index contributed by atoms with van der Waals surface area (Å²) in [6.45, 7) is 5.46. The standard InChI is InChI=1S/C6H12N3O/c1-6(2,3)5(10)4-8-9-7/h7H,4H2,1-3H3/q+1. The van der Waals surface area contributed by atoms with Crippen molar-refractivity contribution in [3.05, 3.63) is 0 Å². The van der Waals surface area contributed by atoms with Crippen molar-refractivity contribution in [2.75, 3.05) is 6.54 Å². The molecule has 0 heterocycles. The van der Waals surface area contributed by atoms with Gasteiger partial charge in [0.05, 0.1) is 0 Å². The zero-order valence-electron chi connectivity index (χ0n) is 6.51. The summed E-state index contributed by atoms with van der Waals surface area (Å²) in [6, 6.07) is 0. The Morgan fingerprint density at radius 3 is 2.40 bits per heavy atom. The van der Waals surface area contributed by atoms with E-state index in [-0.39, 0.29) is 17.7 Å². The minimum atomic E-state index is -0.367. The van der Waals surface area contributed by atoms with Gasteiger partial charge in [0.25, 0.3) is 0 Å². The molecule has 56 valence electrons. The van der Waals surface area contributed by atoms with Crippen LogP contribution in [-0.4, -0.2) is 12.3 Å². The van der Waals surface area contributed by atoms with Gasteiger partial charge in [0.15, 0.2) is 12.3 Å². The zero-order valence-corrected chi connectivity index (χ0v) is 6.51. The maximum absolute atomic E-state index is 11.0. The van der Waals surface area contributed by atoms with Crippen molar-refractivity contribution in [3.8, 4) is 0 Å². The van der Waals surface area contributed by atoms with Gasteiger partial charge < -0.3 is 0 Å². The van der Waals surface area contributed by atoms with Gasteiger partial charge in [-0.25, -0.2) is 0 Å². The van der Waals surface area contributed by atoms with Crippen molar-refractivity contribution in [3.63, 3.8) is 0 Å². The fourth-order valence-electron chi connectivity index (χ4n) is 0.337. The van der Waals surface area contributed by atoms with Crippen LogP contribution in [0.1, 0.15) is 20.8 Å². The van der Waals surface area contributed by atoms with Crippen molar-refractivity contribution in [1.82, 2.24) is 4.91 Å². The van der Waals surface area contributed by atoms with E-state index in [1.165, 1.54) is 0 Å². The highest BCUT2D eigenvalue weighted by molar-refractivity contribution is 5.85. The zero-order chi connectivity index (χ0) is 8.20. The lowest BCUT2D eigenvalue weighted by atomic mass is 9.91. The predicted molar refractivity (Wildman–Crippen MR) is 36.6 cm³/mol. The van der Waals surface area contributed by atoms with Gasteiger partial charge in [-0.05, 0) is 0 Å². The normalized spacial score (nSPS) is 10.3. The largest absolute Gasteiger partial charge is 0.297 e. The van der Waals surface area contributed by atoms with Crippen molar-refractivity contribution < 1.29 is 4.79 Å². The first-order valence-electron chi connectivity index (χ1n) is 3.05. The Morgan fingerprint density at radius 2 is 2.10 bits per heavy atom. The second-order valence-electron chi connectivity index (χ2n) is 3.07. The molecular formula is C6H12N3O+. The van der Waals surface area contributed by atoms with Gasteiger partial charge in [-0.15, -0.1) is 0 Å². The van der Waals surface area contributed by atoms with Crippen molar-refractivity contribution in [2.45, 2.75) is 20.8 Å². The second kappa shape index (κ2) is 3.22. The van der Waals surface area contributed by atoms with Gasteiger partial charge >= 0.3 is 0 Å². The molecule has 0 aliphatic heterocycles. The van der Waals surface area contributed by atoms with E-state index in [0.717, 1.165) is 0 Å². The molecular weight excluding hydrogens is 130 g/mol. The monoisotopic (exact) mass is 142 g/mol. The van der Waals surface area contributed by atoms with Crippen LogP contribution in [0.2, 0.25) is 0 Å². The maximum atomic E-state index is 11.0. The molecule has 10 heavy (non-hydrogen) atoms. The van der Waals surface area contributed by atoms with E-state index in [4.69, 9.17) is 5.53 Å². The molecule has 0 unspecified atom stereocenters. The third kappa shape index (κ3) is 3.10. The topological polar surface area (TPSA) is 67.4 Å². The molecule has 0 radical (unpaired) electrons. The molecule has 0 fully saturated rings.